The number of nitrogens with one attached hydrogen (secondary N) is 1. The van der Waals surface area contributed by atoms with E-state index in [0.717, 1.165) is 16.5 Å². The maximum atomic E-state index is 14.2. The SMILES string of the molecule is NNC(c1ccc(Br)cc1F)c1cccc2ncccc12. The Balaban J connectivity index is 2.18. The number of pyridine rings is 1. The molecule has 0 fully saturated rings. The van der Waals surface area contributed by atoms with Crippen LogP contribution in [-0.2, 0) is 0 Å². The Labute approximate surface area is 130 Å². The number of nitrogens with zero attached hydrogens (tertiary/aromatic N) is 1. The van der Waals surface area contributed by atoms with Crippen LogP contribution in [0.25, 0.3) is 10.9 Å². The van der Waals surface area contributed by atoms with Crippen molar-refractivity contribution in [2.45, 2.75) is 6.04 Å². The zero-order valence-corrected chi connectivity index (χ0v) is 12.6. The largest absolute Gasteiger partial charge is 0.271 e. The maximum absolute atomic E-state index is 14.2. The molecule has 0 saturated carbocycles. The Hall–Kier alpha value is -1.82. The zero-order valence-electron chi connectivity index (χ0n) is 11.1. The second kappa shape index (κ2) is 5.89. The van der Waals surface area contributed by atoms with E-state index in [1.165, 1.54) is 6.07 Å². The molecule has 106 valence electrons. The van der Waals surface area contributed by atoms with Crippen LogP contribution in [0.4, 0.5) is 4.39 Å². The molecule has 0 amide bonds. The zero-order chi connectivity index (χ0) is 14.8. The number of hydrogen-bond acceptors (Lipinski definition) is 3. The molecule has 3 aromatic rings. The average molecular weight is 346 g/mol. The van der Waals surface area contributed by atoms with Gasteiger partial charge in [0.05, 0.1) is 11.6 Å². The first-order chi connectivity index (χ1) is 10.2. The molecule has 0 bridgehead atoms. The second-order valence-corrected chi connectivity index (χ2v) is 5.60. The van der Waals surface area contributed by atoms with Crippen LogP contribution >= 0.6 is 15.9 Å². The second-order valence-electron chi connectivity index (χ2n) is 4.68. The highest BCUT2D eigenvalue weighted by Gasteiger charge is 2.19. The van der Waals surface area contributed by atoms with Crippen molar-refractivity contribution in [3.8, 4) is 0 Å². The lowest BCUT2D eigenvalue weighted by Crippen LogP contribution is -2.29. The monoisotopic (exact) mass is 345 g/mol. The molecule has 0 radical (unpaired) electrons. The summed E-state index contributed by atoms with van der Waals surface area (Å²) < 4.78 is 14.9. The van der Waals surface area contributed by atoms with Crippen molar-refractivity contribution >= 4 is 26.8 Å². The molecule has 2 aromatic carbocycles. The van der Waals surface area contributed by atoms with Crippen LogP contribution in [-0.4, -0.2) is 4.98 Å². The standard InChI is InChI=1S/C16H13BrFN3/c17-10-6-7-13(14(18)9-10)16(21-19)12-3-1-5-15-11(12)4-2-8-20-15/h1-9,16,21H,19H2. The number of halogens is 2. The lowest BCUT2D eigenvalue weighted by atomic mass is 9.95. The Morgan fingerprint density at radius 3 is 2.71 bits per heavy atom. The molecule has 5 heteroatoms. The number of rotatable bonds is 3. The number of nitrogens with two attached hydrogens (primary N) is 1. The van der Waals surface area contributed by atoms with Gasteiger partial charge in [-0.15, -0.1) is 0 Å². The van der Waals surface area contributed by atoms with Crippen LogP contribution in [0.15, 0.2) is 59.2 Å². The van der Waals surface area contributed by atoms with E-state index in [0.29, 0.717) is 10.0 Å². The van der Waals surface area contributed by atoms with Crippen LogP contribution in [0.1, 0.15) is 17.2 Å². The average Bonchev–Trinajstić information content (AvgIpc) is 2.50. The third kappa shape index (κ3) is 2.68. The van der Waals surface area contributed by atoms with Gasteiger partial charge in [-0.2, -0.15) is 0 Å². The Morgan fingerprint density at radius 2 is 1.95 bits per heavy atom. The Morgan fingerprint density at radius 1 is 1.10 bits per heavy atom. The number of fused-ring (bicyclic) bond motifs is 1. The molecule has 0 spiro atoms. The first-order valence-corrected chi connectivity index (χ1v) is 7.24. The molecule has 0 saturated heterocycles. The van der Waals surface area contributed by atoms with Gasteiger partial charge in [-0.3, -0.25) is 10.8 Å². The van der Waals surface area contributed by atoms with Gasteiger partial charge in [0.1, 0.15) is 5.82 Å². The molecule has 0 aliphatic heterocycles. The summed E-state index contributed by atoms with van der Waals surface area (Å²) in [6, 6.07) is 14.1. The topological polar surface area (TPSA) is 50.9 Å². The maximum Gasteiger partial charge on any atom is 0.129 e. The van der Waals surface area contributed by atoms with Crippen molar-refractivity contribution in [3.05, 3.63) is 76.1 Å². The summed E-state index contributed by atoms with van der Waals surface area (Å²) in [4.78, 5) is 4.32. The normalized spacial score (nSPS) is 12.5. The number of benzene rings is 2. The van der Waals surface area contributed by atoms with E-state index in [1.807, 2.05) is 30.3 Å². The van der Waals surface area contributed by atoms with E-state index < -0.39 is 6.04 Å². The van der Waals surface area contributed by atoms with Crippen LogP contribution in [0.3, 0.4) is 0 Å². The van der Waals surface area contributed by atoms with E-state index in [4.69, 9.17) is 5.84 Å². The predicted octanol–water partition coefficient (Wildman–Crippen LogP) is 3.69. The van der Waals surface area contributed by atoms with Crippen LogP contribution in [0, 0.1) is 5.82 Å². The fourth-order valence-electron chi connectivity index (χ4n) is 2.46. The van der Waals surface area contributed by atoms with E-state index in [9.17, 15) is 4.39 Å². The highest BCUT2D eigenvalue weighted by molar-refractivity contribution is 9.10. The summed E-state index contributed by atoms with van der Waals surface area (Å²) in [6.07, 6.45) is 1.73. The van der Waals surface area contributed by atoms with Crippen LogP contribution < -0.4 is 11.3 Å². The molecule has 0 aliphatic carbocycles. The van der Waals surface area contributed by atoms with E-state index in [-0.39, 0.29) is 5.82 Å². The highest BCUT2D eigenvalue weighted by atomic mass is 79.9. The van der Waals surface area contributed by atoms with Crippen molar-refractivity contribution in [2.75, 3.05) is 0 Å². The minimum absolute atomic E-state index is 0.312. The van der Waals surface area contributed by atoms with Crippen molar-refractivity contribution < 1.29 is 4.39 Å². The minimum Gasteiger partial charge on any atom is -0.271 e. The highest BCUT2D eigenvalue weighted by Crippen LogP contribution is 2.30. The molecule has 1 unspecified atom stereocenters. The molecule has 3 nitrogen and oxygen atoms in total. The summed E-state index contributed by atoms with van der Waals surface area (Å²) in [5.74, 6) is 5.37. The molecule has 21 heavy (non-hydrogen) atoms. The Kier molecular flexibility index (Phi) is 3.96. The fourth-order valence-corrected chi connectivity index (χ4v) is 2.79. The summed E-state index contributed by atoms with van der Waals surface area (Å²) in [5, 5.41) is 0.949. The molecule has 0 aliphatic rings. The van der Waals surface area contributed by atoms with Gasteiger partial charge >= 0.3 is 0 Å². The van der Waals surface area contributed by atoms with Crippen LogP contribution in [0.5, 0.6) is 0 Å². The molecule has 1 aromatic heterocycles. The van der Waals surface area contributed by atoms with Crippen molar-refractivity contribution in [1.29, 1.82) is 0 Å². The minimum atomic E-state index is -0.439. The first kappa shape index (κ1) is 14.1. The number of aromatic nitrogens is 1. The number of hydrogen-bond donors (Lipinski definition) is 2. The van der Waals surface area contributed by atoms with Crippen molar-refractivity contribution in [2.24, 2.45) is 5.84 Å². The van der Waals surface area contributed by atoms with Gasteiger partial charge in [-0.25, -0.2) is 9.82 Å². The van der Waals surface area contributed by atoms with Gasteiger partial charge in [-0.05, 0) is 29.8 Å². The smallest absolute Gasteiger partial charge is 0.129 e. The van der Waals surface area contributed by atoms with Gasteiger partial charge < -0.3 is 0 Å². The predicted molar refractivity (Wildman–Crippen MR) is 85.0 cm³/mol. The molecule has 3 rings (SSSR count). The van der Waals surface area contributed by atoms with Crippen molar-refractivity contribution in [3.63, 3.8) is 0 Å². The van der Waals surface area contributed by atoms with E-state index in [2.05, 4.69) is 26.3 Å². The summed E-state index contributed by atoms with van der Waals surface area (Å²) in [7, 11) is 0. The third-order valence-electron chi connectivity index (χ3n) is 3.43. The van der Waals surface area contributed by atoms with Crippen LogP contribution in [0.2, 0.25) is 0 Å². The van der Waals surface area contributed by atoms with E-state index >= 15 is 0 Å². The lowest BCUT2D eigenvalue weighted by Gasteiger charge is -2.19. The molecule has 1 heterocycles. The van der Waals surface area contributed by atoms with Gasteiger partial charge in [0.2, 0.25) is 0 Å². The first-order valence-electron chi connectivity index (χ1n) is 6.45. The molecular weight excluding hydrogens is 333 g/mol. The summed E-state index contributed by atoms with van der Waals surface area (Å²) in [5.41, 5.74) is 4.95. The van der Waals surface area contributed by atoms with Gasteiger partial charge in [0, 0.05) is 21.6 Å². The van der Waals surface area contributed by atoms with Gasteiger partial charge in [0.15, 0.2) is 0 Å². The molecule has 3 N–H and O–H groups in total. The Bertz CT molecular complexity index is 786. The summed E-state index contributed by atoms with van der Waals surface area (Å²) in [6.45, 7) is 0. The summed E-state index contributed by atoms with van der Waals surface area (Å²) >= 11 is 3.26. The third-order valence-corrected chi connectivity index (χ3v) is 3.92. The molecule has 1 atom stereocenters. The number of hydrazine groups is 1. The quantitative estimate of drug-likeness (QED) is 0.562. The fraction of sp³-hybridized carbons (Fsp3) is 0.0625. The molecular formula is C16H13BrFN3. The van der Waals surface area contributed by atoms with Gasteiger partial charge in [0.25, 0.3) is 0 Å². The van der Waals surface area contributed by atoms with Gasteiger partial charge in [-0.1, -0.05) is 40.2 Å². The lowest BCUT2D eigenvalue weighted by molar-refractivity contribution is 0.561. The van der Waals surface area contributed by atoms with E-state index in [1.54, 1.807) is 18.3 Å². The van der Waals surface area contributed by atoms with Crippen molar-refractivity contribution in [1.82, 2.24) is 10.4 Å².